The molecule has 1 amide bonds. The van der Waals surface area contributed by atoms with Crippen LogP contribution in [-0.2, 0) is 0 Å². The lowest BCUT2D eigenvalue weighted by Gasteiger charge is -2.34. The predicted molar refractivity (Wildman–Crippen MR) is 121 cm³/mol. The molecule has 0 spiro atoms. The number of anilines is 1. The zero-order chi connectivity index (χ0) is 21.5. The van der Waals surface area contributed by atoms with Crippen LogP contribution in [0.15, 0.2) is 36.5 Å². The van der Waals surface area contributed by atoms with Crippen molar-refractivity contribution in [2.24, 2.45) is 0 Å². The minimum absolute atomic E-state index is 0.0171. The number of nitrogens with zero attached hydrogens (tertiary/aromatic N) is 5. The molecule has 8 nitrogen and oxygen atoms in total. The summed E-state index contributed by atoms with van der Waals surface area (Å²) in [6, 6.07) is 9.53. The number of carbonyl (C=O) groups excluding carboxylic acids is 1. The molecule has 1 saturated heterocycles. The predicted octanol–water partition coefficient (Wildman–Crippen LogP) is 3.23. The Hall–Kier alpha value is -3.33. The van der Waals surface area contributed by atoms with Crippen molar-refractivity contribution in [3.63, 3.8) is 0 Å². The van der Waals surface area contributed by atoms with Gasteiger partial charge in [-0.15, -0.1) is 0 Å². The quantitative estimate of drug-likeness (QED) is 0.488. The third kappa shape index (κ3) is 3.25. The summed E-state index contributed by atoms with van der Waals surface area (Å²) in [5.74, 6) is 1.54. The fourth-order valence-corrected chi connectivity index (χ4v) is 5.16. The second kappa shape index (κ2) is 7.73. The van der Waals surface area contributed by atoms with Crippen LogP contribution in [0.4, 0.5) is 5.13 Å². The number of carbonyl (C=O) groups is 1. The molecule has 0 unspecified atom stereocenters. The number of imidazole rings is 1. The van der Waals surface area contributed by atoms with Crippen LogP contribution in [0.2, 0.25) is 0 Å². The summed E-state index contributed by atoms with van der Waals surface area (Å²) in [6.45, 7) is 4.57. The first-order chi connectivity index (χ1) is 15.1. The van der Waals surface area contributed by atoms with Crippen molar-refractivity contribution >= 4 is 38.2 Å². The van der Waals surface area contributed by atoms with Gasteiger partial charge in [-0.05, 0) is 31.2 Å². The Labute approximate surface area is 183 Å². The number of hydrogen-bond donors (Lipinski definition) is 0. The topological polar surface area (TPSA) is 72.2 Å². The van der Waals surface area contributed by atoms with E-state index in [0.29, 0.717) is 31.9 Å². The van der Waals surface area contributed by atoms with Gasteiger partial charge in [0.1, 0.15) is 33.1 Å². The third-order valence-electron chi connectivity index (χ3n) is 5.64. The van der Waals surface area contributed by atoms with E-state index in [0.717, 1.165) is 38.2 Å². The SMILES string of the molecule is COc1ccc(OC)c2sc(N3CCN(C(=O)c4c(C)nc5ccccn45)CC3)nc12. The monoisotopic (exact) mass is 437 g/mol. The van der Waals surface area contributed by atoms with E-state index in [9.17, 15) is 4.79 Å². The summed E-state index contributed by atoms with van der Waals surface area (Å²) in [6.07, 6.45) is 1.89. The van der Waals surface area contributed by atoms with Gasteiger partial charge in [0.15, 0.2) is 5.13 Å². The molecule has 5 rings (SSSR count). The van der Waals surface area contributed by atoms with Crippen LogP contribution in [0.5, 0.6) is 11.5 Å². The van der Waals surface area contributed by atoms with E-state index in [1.54, 1.807) is 25.6 Å². The maximum atomic E-state index is 13.2. The molecular formula is C22H23N5O3S. The number of amides is 1. The smallest absolute Gasteiger partial charge is 0.272 e. The fourth-order valence-electron chi connectivity index (χ4n) is 4.03. The molecule has 160 valence electrons. The minimum Gasteiger partial charge on any atom is -0.495 e. The van der Waals surface area contributed by atoms with E-state index in [2.05, 4.69) is 9.88 Å². The summed E-state index contributed by atoms with van der Waals surface area (Å²) < 4.78 is 13.8. The molecule has 4 aromatic rings. The molecule has 3 aromatic heterocycles. The maximum absolute atomic E-state index is 13.2. The van der Waals surface area contributed by atoms with Gasteiger partial charge in [0, 0.05) is 32.4 Å². The van der Waals surface area contributed by atoms with E-state index >= 15 is 0 Å². The lowest BCUT2D eigenvalue weighted by molar-refractivity contribution is 0.0739. The van der Waals surface area contributed by atoms with Gasteiger partial charge in [0.2, 0.25) is 0 Å². The van der Waals surface area contributed by atoms with E-state index in [4.69, 9.17) is 14.5 Å². The van der Waals surface area contributed by atoms with Crippen LogP contribution in [0.1, 0.15) is 16.2 Å². The standard InChI is InChI=1S/C22H23N5O3S/c1-14-19(27-9-5-4-6-17(27)23-14)21(28)25-10-12-26(13-11-25)22-24-18-15(29-2)7-8-16(30-3)20(18)31-22/h4-9H,10-13H2,1-3H3. The van der Waals surface area contributed by atoms with Crippen LogP contribution in [-0.4, -0.2) is 65.6 Å². The van der Waals surface area contributed by atoms with Crippen LogP contribution in [0, 0.1) is 6.92 Å². The van der Waals surface area contributed by atoms with Gasteiger partial charge in [0.25, 0.3) is 5.91 Å². The Morgan fingerprint density at radius 2 is 1.74 bits per heavy atom. The Morgan fingerprint density at radius 3 is 2.48 bits per heavy atom. The van der Waals surface area contributed by atoms with Crippen molar-refractivity contribution < 1.29 is 14.3 Å². The normalized spacial score (nSPS) is 14.4. The van der Waals surface area contributed by atoms with Crippen molar-refractivity contribution in [1.82, 2.24) is 19.3 Å². The number of rotatable bonds is 4. The minimum atomic E-state index is 0.0171. The lowest BCUT2D eigenvalue weighted by atomic mass is 10.2. The first kappa shape index (κ1) is 19.6. The van der Waals surface area contributed by atoms with E-state index < -0.39 is 0 Å². The molecule has 0 saturated carbocycles. The zero-order valence-corrected chi connectivity index (χ0v) is 18.5. The average Bonchev–Trinajstić information content (AvgIpc) is 3.39. The molecule has 0 bridgehead atoms. The summed E-state index contributed by atoms with van der Waals surface area (Å²) in [7, 11) is 3.31. The third-order valence-corrected chi connectivity index (χ3v) is 6.77. The molecule has 9 heteroatoms. The first-order valence-corrected chi connectivity index (χ1v) is 10.9. The molecule has 1 aromatic carbocycles. The highest BCUT2D eigenvalue weighted by atomic mass is 32.1. The van der Waals surface area contributed by atoms with Gasteiger partial charge in [-0.2, -0.15) is 0 Å². The number of benzene rings is 1. The summed E-state index contributed by atoms with van der Waals surface area (Å²) in [5, 5.41) is 0.913. The molecule has 31 heavy (non-hydrogen) atoms. The van der Waals surface area contributed by atoms with Gasteiger partial charge < -0.3 is 19.3 Å². The molecule has 0 N–H and O–H groups in total. The Morgan fingerprint density at radius 1 is 1.00 bits per heavy atom. The number of aryl methyl sites for hydroxylation is 1. The summed E-state index contributed by atoms with van der Waals surface area (Å²) >= 11 is 1.59. The van der Waals surface area contributed by atoms with Crippen LogP contribution < -0.4 is 14.4 Å². The summed E-state index contributed by atoms with van der Waals surface area (Å²) in [4.78, 5) is 26.7. The molecule has 1 aliphatic heterocycles. The highest BCUT2D eigenvalue weighted by Gasteiger charge is 2.27. The first-order valence-electron chi connectivity index (χ1n) is 10.1. The Kier molecular flexibility index (Phi) is 4.90. The van der Waals surface area contributed by atoms with Crippen molar-refractivity contribution in [1.29, 1.82) is 0 Å². The van der Waals surface area contributed by atoms with Gasteiger partial charge in [-0.1, -0.05) is 17.4 Å². The van der Waals surface area contributed by atoms with E-state index in [1.165, 1.54) is 0 Å². The Bertz CT molecular complexity index is 1230. The fraction of sp³-hybridized carbons (Fsp3) is 0.318. The second-order valence-corrected chi connectivity index (χ2v) is 8.38. The van der Waals surface area contributed by atoms with E-state index in [1.807, 2.05) is 52.8 Å². The second-order valence-electron chi connectivity index (χ2n) is 7.40. The summed E-state index contributed by atoms with van der Waals surface area (Å²) in [5.41, 5.74) is 2.99. The molecule has 4 heterocycles. The van der Waals surface area contributed by atoms with Gasteiger partial charge >= 0.3 is 0 Å². The molecule has 0 aliphatic carbocycles. The van der Waals surface area contributed by atoms with Crippen molar-refractivity contribution in [3.8, 4) is 11.5 Å². The van der Waals surface area contributed by atoms with Gasteiger partial charge in [-0.25, -0.2) is 9.97 Å². The molecule has 1 fully saturated rings. The number of thiazole rings is 1. The van der Waals surface area contributed by atoms with E-state index in [-0.39, 0.29) is 5.91 Å². The maximum Gasteiger partial charge on any atom is 0.272 e. The number of fused-ring (bicyclic) bond motifs is 2. The van der Waals surface area contributed by atoms with Crippen molar-refractivity contribution in [2.45, 2.75) is 6.92 Å². The van der Waals surface area contributed by atoms with Crippen LogP contribution in [0.25, 0.3) is 15.9 Å². The molecule has 0 radical (unpaired) electrons. The molecular weight excluding hydrogens is 414 g/mol. The molecule has 1 aliphatic rings. The number of methoxy groups -OCH3 is 2. The van der Waals surface area contributed by atoms with Crippen molar-refractivity contribution in [2.75, 3.05) is 45.3 Å². The van der Waals surface area contributed by atoms with Crippen LogP contribution >= 0.6 is 11.3 Å². The van der Waals surface area contributed by atoms with Crippen molar-refractivity contribution in [3.05, 3.63) is 47.9 Å². The van der Waals surface area contributed by atoms with Crippen LogP contribution in [0.3, 0.4) is 0 Å². The lowest BCUT2D eigenvalue weighted by Crippen LogP contribution is -2.49. The number of piperazine rings is 1. The molecule has 0 atom stereocenters. The Balaban J connectivity index is 1.37. The zero-order valence-electron chi connectivity index (χ0n) is 17.7. The highest BCUT2D eigenvalue weighted by Crippen LogP contribution is 2.40. The highest BCUT2D eigenvalue weighted by molar-refractivity contribution is 7.22. The number of hydrogen-bond acceptors (Lipinski definition) is 7. The number of aromatic nitrogens is 3. The average molecular weight is 438 g/mol. The van der Waals surface area contributed by atoms with Gasteiger partial charge in [-0.3, -0.25) is 9.20 Å². The number of ether oxygens (including phenoxy) is 2. The van der Waals surface area contributed by atoms with Gasteiger partial charge in [0.05, 0.1) is 19.9 Å². The number of pyridine rings is 1. The largest absolute Gasteiger partial charge is 0.495 e.